The van der Waals surface area contributed by atoms with E-state index < -0.39 is 5.41 Å². The number of carbonyl (C=O) groups excluding carboxylic acids is 1. The van der Waals surface area contributed by atoms with Crippen molar-refractivity contribution in [2.24, 2.45) is 0 Å². The number of nitrogens with one attached hydrogen (secondary N) is 1. The van der Waals surface area contributed by atoms with Crippen molar-refractivity contribution in [3.8, 4) is 0 Å². The first-order chi connectivity index (χ1) is 11.7. The lowest BCUT2D eigenvalue weighted by atomic mass is 9.79. The first-order valence-electron chi connectivity index (χ1n) is 7.98. The number of pyridine rings is 2. The standard InChI is InChI=1S/C19H15N3O2/c23-10-11-4-12-5-13-7-19(8-14(13)6-16(12)21-9-11)15-2-1-3-20-17(15)22-18(19)24/h1-6,9,23H,7-8,10H2,(H,20,22,24). The lowest BCUT2D eigenvalue weighted by molar-refractivity contribution is -0.120. The van der Waals surface area contributed by atoms with Gasteiger partial charge < -0.3 is 10.4 Å². The lowest BCUT2D eigenvalue weighted by Gasteiger charge is -2.20. The van der Waals surface area contributed by atoms with Gasteiger partial charge in [0.15, 0.2) is 0 Å². The first kappa shape index (κ1) is 13.6. The molecule has 1 aliphatic heterocycles. The Morgan fingerprint density at radius 1 is 1.17 bits per heavy atom. The minimum absolute atomic E-state index is 0.0224. The summed E-state index contributed by atoms with van der Waals surface area (Å²) in [5.74, 6) is 0.709. The molecule has 0 bridgehead atoms. The molecule has 5 heteroatoms. The molecule has 2 N–H and O–H groups in total. The van der Waals surface area contributed by atoms with Crippen LogP contribution in [0.25, 0.3) is 10.9 Å². The van der Waals surface area contributed by atoms with Gasteiger partial charge >= 0.3 is 0 Å². The first-order valence-corrected chi connectivity index (χ1v) is 7.98. The van der Waals surface area contributed by atoms with E-state index in [9.17, 15) is 9.90 Å². The molecule has 0 radical (unpaired) electrons. The van der Waals surface area contributed by atoms with Crippen LogP contribution >= 0.6 is 0 Å². The van der Waals surface area contributed by atoms with E-state index in [2.05, 4.69) is 27.4 Å². The molecule has 0 fully saturated rings. The second kappa shape index (κ2) is 4.61. The minimum Gasteiger partial charge on any atom is -0.392 e. The van der Waals surface area contributed by atoms with E-state index in [1.54, 1.807) is 12.4 Å². The van der Waals surface area contributed by atoms with Crippen molar-refractivity contribution in [3.63, 3.8) is 0 Å². The molecule has 1 aliphatic carbocycles. The number of hydrogen-bond acceptors (Lipinski definition) is 4. The van der Waals surface area contributed by atoms with Crippen molar-refractivity contribution in [1.82, 2.24) is 9.97 Å². The third-order valence-corrected chi connectivity index (χ3v) is 5.22. The highest BCUT2D eigenvalue weighted by molar-refractivity contribution is 6.06. The van der Waals surface area contributed by atoms with Crippen LogP contribution < -0.4 is 5.32 Å². The Morgan fingerprint density at radius 3 is 2.83 bits per heavy atom. The van der Waals surface area contributed by atoms with Crippen molar-refractivity contribution in [2.75, 3.05) is 5.32 Å². The number of nitrogens with zero attached hydrogens (tertiary/aromatic N) is 2. The van der Waals surface area contributed by atoms with E-state index in [1.165, 1.54) is 11.1 Å². The largest absolute Gasteiger partial charge is 0.392 e. The molecule has 1 atom stereocenters. The van der Waals surface area contributed by atoms with Gasteiger partial charge in [0.1, 0.15) is 5.82 Å². The number of aromatic nitrogens is 2. The molecule has 3 heterocycles. The molecule has 1 amide bonds. The quantitative estimate of drug-likeness (QED) is 0.721. The fourth-order valence-electron chi connectivity index (χ4n) is 4.03. The molecule has 2 aromatic heterocycles. The van der Waals surface area contributed by atoms with Gasteiger partial charge in [0.2, 0.25) is 5.91 Å². The van der Waals surface area contributed by atoms with Gasteiger partial charge in [0.05, 0.1) is 17.5 Å². The highest BCUT2D eigenvalue weighted by Crippen LogP contribution is 2.47. The predicted molar refractivity (Wildman–Crippen MR) is 89.6 cm³/mol. The van der Waals surface area contributed by atoms with Gasteiger partial charge in [0, 0.05) is 23.3 Å². The van der Waals surface area contributed by atoms with Crippen LogP contribution in [-0.4, -0.2) is 21.0 Å². The average molecular weight is 317 g/mol. The Bertz CT molecular complexity index is 1010. The van der Waals surface area contributed by atoms with Crippen LogP contribution in [0.3, 0.4) is 0 Å². The molecule has 24 heavy (non-hydrogen) atoms. The zero-order valence-corrected chi connectivity index (χ0v) is 12.9. The molecule has 1 spiro atoms. The SMILES string of the molecule is O=C1Nc2ncccc2C12Cc1cc3cc(CO)cnc3cc1C2. The zero-order valence-electron chi connectivity index (χ0n) is 12.9. The van der Waals surface area contributed by atoms with E-state index in [0.717, 1.165) is 22.0 Å². The van der Waals surface area contributed by atoms with Gasteiger partial charge in [-0.15, -0.1) is 0 Å². The normalized spacial score (nSPS) is 21.1. The number of anilines is 1. The third kappa shape index (κ3) is 1.70. The molecule has 3 aromatic rings. The Hall–Kier alpha value is -2.79. The number of carbonyl (C=O) groups is 1. The smallest absolute Gasteiger partial charge is 0.237 e. The predicted octanol–water partition coefficient (Wildman–Crippen LogP) is 2.11. The maximum Gasteiger partial charge on any atom is 0.237 e. The second-order valence-electron chi connectivity index (χ2n) is 6.60. The summed E-state index contributed by atoms with van der Waals surface area (Å²) in [6.45, 7) is -0.0224. The molecule has 2 aliphatic rings. The zero-order chi connectivity index (χ0) is 16.3. The Balaban J connectivity index is 1.66. The van der Waals surface area contributed by atoms with E-state index in [4.69, 9.17) is 0 Å². The highest BCUT2D eigenvalue weighted by atomic mass is 16.3. The van der Waals surface area contributed by atoms with Gasteiger partial charge in [-0.25, -0.2) is 4.98 Å². The summed E-state index contributed by atoms with van der Waals surface area (Å²) < 4.78 is 0. The molecular formula is C19H15N3O2. The van der Waals surface area contributed by atoms with Crippen molar-refractivity contribution < 1.29 is 9.90 Å². The van der Waals surface area contributed by atoms with Crippen LogP contribution in [-0.2, 0) is 29.7 Å². The Kier molecular flexibility index (Phi) is 2.62. The summed E-state index contributed by atoms with van der Waals surface area (Å²) in [7, 11) is 0. The number of benzene rings is 1. The van der Waals surface area contributed by atoms with Crippen molar-refractivity contribution in [2.45, 2.75) is 24.9 Å². The van der Waals surface area contributed by atoms with Gasteiger partial charge in [-0.2, -0.15) is 0 Å². The molecule has 5 nitrogen and oxygen atoms in total. The van der Waals surface area contributed by atoms with Crippen LogP contribution in [0.2, 0.25) is 0 Å². The van der Waals surface area contributed by atoms with Crippen LogP contribution in [0.4, 0.5) is 5.82 Å². The summed E-state index contributed by atoms with van der Waals surface area (Å²) in [6, 6.07) is 10.0. The molecule has 1 unspecified atom stereocenters. The number of amides is 1. The maximum absolute atomic E-state index is 12.7. The molecule has 118 valence electrons. The molecule has 0 saturated carbocycles. The third-order valence-electron chi connectivity index (χ3n) is 5.22. The number of hydrogen-bond donors (Lipinski definition) is 2. The van der Waals surface area contributed by atoms with Crippen LogP contribution in [0, 0.1) is 0 Å². The summed E-state index contributed by atoms with van der Waals surface area (Å²) in [4.78, 5) is 21.4. The molecule has 0 saturated heterocycles. The van der Waals surface area contributed by atoms with Crippen molar-refractivity contribution in [3.05, 3.63) is 65.0 Å². The fourth-order valence-corrected chi connectivity index (χ4v) is 4.03. The molecule has 1 aromatic carbocycles. The van der Waals surface area contributed by atoms with E-state index in [0.29, 0.717) is 18.7 Å². The fraction of sp³-hybridized carbons (Fsp3) is 0.211. The van der Waals surface area contributed by atoms with Crippen LogP contribution in [0.5, 0.6) is 0 Å². The Labute approximate surface area is 138 Å². The highest BCUT2D eigenvalue weighted by Gasteiger charge is 2.51. The van der Waals surface area contributed by atoms with Crippen molar-refractivity contribution >= 4 is 22.6 Å². The lowest BCUT2D eigenvalue weighted by Crippen LogP contribution is -2.35. The average Bonchev–Trinajstić information content (AvgIpc) is 3.10. The summed E-state index contributed by atoms with van der Waals surface area (Å²) in [6.07, 6.45) is 4.74. The summed E-state index contributed by atoms with van der Waals surface area (Å²) >= 11 is 0. The van der Waals surface area contributed by atoms with Gasteiger partial charge in [0.25, 0.3) is 0 Å². The maximum atomic E-state index is 12.7. The summed E-state index contributed by atoms with van der Waals surface area (Å²) in [5, 5.41) is 13.2. The minimum atomic E-state index is -0.552. The van der Waals surface area contributed by atoms with Crippen molar-refractivity contribution in [1.29, 1.82) is 0 Å². The summed E-state index contributed by atoms with van der Waals surface area (Å²) in [5.41, 5.74) is 4.46. The van der Waals surface area contributed by atoms with Crippen LogP contribution in [0.1, 0.15) is 22.3 Å². The molecular weight excluding hydrogens is 302 g/mol. The van der Waals surface area contributed by atoms with E-state index >= 15 is 0 Å². The number of aliphatic hydroxyl groups is 1. The van der Waals surface area contributed by atoms with E-state index in [-0.39, 0.29) is 12.5 Å². The van der Waals surface area contributed by atoms with E-state index in [1.807, 2.05) is 18.2 Å². The number of fused-ring (bicyclic) bond motifs is 4. The Morgan fingerprint density at radius 2 is 2.00 bits per heavy atom. The topological polar surface area (TPSA) is 75.1 Å². The second-order valence-corrected chi connectivity index (χ2v) is 6.60. The van der Waals surface area contributed by atoms with Gasteiger partial charge in [-0.3, -0.25) is 9.78 Å². The number of aliphatic hydroxyl groups excluding tert-OH is 1. The number of rotatable bonds is 1. The van der Waals surface area contributed by atoms with Gasteiger partial charge in [-0.1, -0.05) is 6.07 Å². The molecule has 5 rings (SSSR count). The van der Waals surface area contributed by atoms with Gasteiger partial charge in [-0.05, 0) is 53.8 Å². The van der Waals surface area contributed by atoms with Crippen LogP contribution in [0.15, 0.2) is 42.7 Å². The monoisotopic (exact) mass is 317 g/mol.